The van der Waals surface area contributed by atoms with E-state index >= 15 is 0 Å². The Morgan fingerprint density at radius 1 is 0.840 bits per heavy atom. The first-order valence-electron chi connectivity index (χ1n) is 8.58. The van der Waals surface area contributed by atoms with Gasteiger partial charge in [0.2, 0.25) is 11.8 Å². The Kier molecular flexibility index (Phi) is 15.4. The van der Waals surface area contributed by atoms with E-state index in [9.17, 15) is 9.59 Å². The summed E-state index contributed by atoms with van der Waals surface area (Å²) in [7, 11) is 0. The summed E-state index contributed by atoms with van der Waals surface area (Å²) in [6, 6.07) is -0.656. The minimum atomic E-state index is -0.656. The number of primary amides is 1. The third-order valence-electron chi connectivity index (χ3n) is 3.14. The molecular weight excluding hydrogens is 330 g/mol. The van der Waals surface area contributed by atoms with Crippen molar-refractivity contribution in [1.82, 2.24) is 5.32 Å². The highest BCUT2D eigenvalue weighted by atomic mass is 16.6. The molecule has 0 radical (unpaired) electrons. The number of nitrogens with two attached hydrogens (primary N) is 2. The van der Waals surface area contributed by atoms with Gasteiger partial charge in [0.05, 0.1) is 52.9 Å². The lowest BCUT2D eigenvalue weighted by Crippen LogP contribution is -2.47. The van der Waals surface area contributed by atoms with Gasteiger partial charge >= 0.3 is 0 Å². The summed E-state index contributed by atoms with van der Waals surface area (Å²) in [5.41, 5.74) is 10.5. The van der Waals surface area contributed by atoms with Crippen molar-refractivity contribution in [3.05, 3.63) is 0 Å². The second kappa shape index (κ2) is 16.2. The zero-order valence-corrected chi connectivity index (χ0v) is 15.3. The van der Waals surface area contributed by atoms with Crippen LogP contribution in [0.1, 0.15) is 20.3 Å². The Hall–Kier alpha value is -1.26. The third-order valence-corrected chi connectivity index (χ3v) is 3.14. The number of carbonyl (C=O) groups excluding carboxylic acids is 2. The minimum absolute atomic E-state index is 0.0507. The molecule has 1 unspecified atom stereocenters. The molecule has 0 fully saturated rings. The van der Waals surface area contributed by atoms with Crippen molar-refractivity contribution >= 4 is 11.8 Å². The summed E-state index contributed by atoms with van der Waals surface area (Å²) in [5.74, 6) is -0.847. The Bertz CT molecular complexity index is 355. The Labute approximate surface area is 149 Å². The zero-order valence-electron chi connectivity index (χ0n) is 15.3. The summed E-state index contributed by atoms with van der Waals surface area (Å²) in [6.07, 6.45) is 0.169. The maximum Gasteiger partial charge on any atom is 0.240 e. The predicted octanol–water partition coefficient (Wildman–Crippen LogP) is -0.972. The summed E-state index contributed by atoms with van der Waals surface area (Å²) in [5, 5.41) is 2.60. The first-order chi connectivity index (χ1) is 12.0. The number of ether oxygens (including phenoxy) is 4. The number of hydrogen-bond donors (Lipinski definition) is 3. The topological polar surface area (TPSA) is 135 Å². The molecule has 0 aliphatic carbocycles. The van der Waals surface area contributed by atoms with Crippen molar-refractivity contribution in [2.45, 2.75) is 26.3 Å². The fourth-order valence-electron chi connectivity index (χ4n) is 1.82. The standard InChI is InChI=1S/C16H33N3O6/c1-13(2)15(16(18)21)19-14(20)3-5-22-7-9-24-11-12-25-10-8-23-6-4-17/h13,15H,3-12,17H2,1-2H3,(H2,18,21)(H,19,20). The van der Waals surface area contributed by atoms with Gasteiger partial charge in [-0.15, -0.1) is 0 Å². The van der Waals surface area contributed by atoms with Gasteiger partial charge in [0.1, 0.15) is 6.04 Å². The maximum atomic E-state index is 11.7. The second-order valence-electron chi connectivity index (χ2n) is 5.68. The Morgan fingerprint density at radius 2 is 1.28 bits per heavy atom. The number of carbonyl (C=O) groups is 2. The normalized spacial score (nSPS) is 12.3. The average molecular weight is 363 g/mol. The summed E-state index contributed by atoms with van der Waals surface area (Å²) < 4.78 is 21.1. The van der Waals surface area contributed by atoms with Crippen LogP contribution >= 0.6 is 0 Å². The van der Waals surface area contributed by atoms with E-state index in [4.69, 9.17) is 30.4 Å². The van der Waals surface area contributed by atoms with Crippen molar-refractivity contribution in [1.29, 1.82) is 0 Å². The van der Waals surface area contributed by atoms with Gasteiger partial charge in [0.15, 0.2) is 0 Å². The van der Waals surface area contributed by atoms with Crippen LogP contribution in [0, 0.1) is 5.92 Å². The fourth-order valence-corrected chi connectivity index (χ4v) is 1.82. The van der Waals surface area contributed by atoms with Crippen LogP contribution in [0.3, 0.4) is 0 Å². The summed E-state index contributed by atoms with van der Waals surface area (Å²) in [4.78, 5) is 22.9. The number of amides is 2. The van der Waals surface area contributed by atoms with Crippen LogP contribution < -0.4 is 16.8 Å². The average Bonchev–Trinajstić information content (AvgIpc) is 2.56. The molecule has 5 N–H and O–H groups in total. The van der Waals surface area contributed by atoms with Gasteiger partial charge in [-0.1, -0.05) is 13.8 Å². The van der Waals surface area contributed by atoms with E-state index in [2.05, 4.69) is 5.32 Å². The van der Waals surface area contributed by atoms with Crippen LogP contribution in [0.15, 0.2) is 0 Å². The van der Waals surface area contributed by atoms with Gasteiger partial charge in [-0.05, 0) is 5.92 Å². The molecule has 25 heavy (non-hydrogen) atoms. The number of hydrogen-bond acceptors (Lipinski definition) is 7. The molecule has 2 amide bonds. The molecule has 0 aliphatic rings. The van der Waals surface area contributed by atoms with Crippen LogP contribution in [0.4, 0.5) is 0 Å². The zero-order chi connectivity index (χ0) is 18.9. The van der Waals surface area contributed by atoms with Crippen molar-refractivity contribution < 1.29 is 28.5 Å². The number of rotatable bonds is 17. The highest BCUT2D eigenvalue weighted by molar-refractivity contribution is 5.86. The van der Waals surface area contributed by atoms with E-state index in [1.807, 2.05) is 13.8 Å². The maximum absolute atomic E-state index is 11.7. The molecule has 0 heterocycles. The highest BCUT2D eigenvalue weighted by Crippen LogP contribution is 2.01. The summed E-state index contributed by atoms with van der Waals surface area (Å²) in [6.45, 7) is 7.74. The first kappa shape index (κ1) is 23.7. The molecule has 0 saturated carbocycles. The van der Waals surface area contributed by atoms with Gasteiger partial charge in [-0.25, -0.2) is 0 Å². The van der Waals surface area contributed by atoms with E-state index < -0.39 is 11.9 Å². The Morgan fingerprint density at radius 3 is 1.68 bits per heavy atom. The van der Waals surface area contributed by atoms with Crippen LogP contribution in [-0.2, 0) is 28.5 Å². The molecule has 0 rings (SSSR count). The second-order valence-corrected chi connectivity index (χ2v) is 5.68. The SMILES string of the molecule is CC(C)C(NC(=O)CCOCCOCCOCCOCCN)C(N)=O. The molecule has 0 aromatic rings. The molecule has 0 aromatic heterocycles. The van der Waals surface area contributed by atoms with E-state index in [1.165, 1.54) is 0 Å². The van der Waals surface area contributed by atoms with Crippen LogP contribution in [0.5, 0.6) is 0 Å². The molecule has 0 bridgehead atoms. The van der Waals surface area contributed by atoms with Crippen LogP contribution in [0.25, 0.3) is 0 Å². The monoisotopic (exact) mass is 363 g/mol. The van der Waals surface area contributed by atoms with E-state index in [-0.39, 0.29) is 24.9 Å². The largest absolute Gasteiger partial charge is 0.379 e. The van der Waals surface area contributed by atoms with Crippen molar-refractivity contribution in [3.63, 3.8) is 0 Å². The molecule has 9 heteroatoms. The van der Waals surface area contributed by atoms with Gasteiger partial charge < -0.3 is 35.7 Å². The smallest absolute Gasteiger partial charge is 0.240 e. The quantitative estimate of drug-likeness (QED) is 0.283. The molecule has 0 spiro atoms. The van der Waals surface area contributed by atoms with Gasteiger partial charge in [0, 0.05) is 13.0 Å². The molecular formula is C16H33N3O6. The van der Waals surface area contributed by atoms with Gasteiger partial charge in [-0.2, -0.15) is 0 Å². The lowest BCUT2D eigenvalue weighted by molar-refractivity contribution is -0.129. The van der Waals surface area contributed by atoms with Crippen molar-refractivity contribution in [2.24, 2.45) is 17.4 Å². The third kappa shape index (κ3) is 14.8. The lowest BCUT2D eigenvalue weighted by Gasteiger charge is -2.18. The van der Waals surface area contributed by atoms with Gasteiger partial charge in [0.25, 0.3) is 0 Å². The van der Waals surface area contributed by atoms with Crippen molar-refractivity contribution in [3.8, 4) is 0 Å². The van der Waals surface area contributed by atoms with E-state index in [1.54, 1.807) is 0 Å². The molecule has 0 aromatic carbocycles. The van der Waals surface area contributed by atoms with Crippen LogP contribution in [-0.4, -0.2) is 77.3 Å². The molecule has 148 valence electrons. The fraction of sp³-hybridized carbons (Fsp3) is 0.875. The van der Waals surface area contributed by atoms with E-state index in [0.29, 0.717) is 52.8 Å². The minimum Gasteiger partial charge on any atom is -0.379 e. The first-order valence-corrected chi connectivity index (χ1v) is 8.58. The Balaban J connectivity index is 3.40. The van der Waals surface area contributed by atoms with Crippen molar-refractivity contribution in [2.75, 3.05) is 59.4 Å². The van der Waals surface area contributed by atoms with E-state index in [0.717, 1.165) is 0 Å². The summed E-state index contributed by atoms with van der Waals surface area (Å²) >= 11 is 0. The lowest BCUT2D eigenvalue weighted by atomic mass is 10.0. The predicted molar refractivity (Wildman–Crippen MR) is 92.9 cm³/mol. The van der Waals surface area contributed by atoms with Gasteiger partial charge in [-0.3, -0.25) is 9.59 Å². The van der Waals surface area contributed by atoms with Crippen LogP contribution in [0.2, 0.25) is 0 Å². The molecule has 1 atom stereocenters. The number of nitrogens with one attached hydrogen (secondary N) is 1. The molecule has 0 aliphatic heterocycles. The molecule has 0 saturated heterocycles. The highest BCUT2D eigenvalue weighted by Gasteiger charge is 2.21. The molecule has 9 nitrogen and oxygen atoms in total.